The second-order valence-corrected chi connectivity index (χ2v) is 6.63. The van der Waals surface area contributed by atoms with Crippen LogP contribution < -0.4 is 10.2 Å². The van der Waals surface area contributed by atoms with E-state index in [4.69, 9.17) is 9.47 Å². The van der Waals surface area contributed by atoms with Gasteiger partial charge in [0.1, 0.15) is 18.5 Å². The molecule has 9 heteroatoms. The lowest BCUT2D eigenvalue weighted by Crippen LogP contribution is -2.62. The van der Waals surface area contributed by atoms with E-state index in [9.17, 15) is 9.59 Å². The van der Waals surface area contributed by atoms with Gasteiger partial charge in [-0.25, -0.2) is 14.8 Å². The number of amides is 3. The summed E-state index contributed by atoms with van der Waals surface area (Å²) in [6.45, 7) is 5.61. The second-order valence-electron chi connectivity index (χ2n) is 6.63. The number of anilines is 1. The Balaban J connectivity index is 1.79. The Bertz CT molecular complexity index is 626. The SMILES string of the molecule is CC(C)NC(=O)N1CCOC[C@@]2(C1)CN(c1cncnc1)C(=O)CO2. The van der Waals surface area contributed by atoms with Crippen LogP contribution in [0.1, 0.15) is 13.8 Å². The molecule has 0 unspecified atom stereocenters. The van der Waals surface area contributed by atoms with Gasteiger partial charge in [-0.3, -0.25) is 4.79 Å². The molecule has 25 heavy (non-hydrogen) atoms. The van der Waals surface area contributed by atoms with Crippen molar-refractivity contribution in [2.75, 3.05) is 44.4 Å². The summed E-state index contributed by atoms with van der Waals surface area (Å²) in [5.74, 6) is -0.164. The second kappa shape index (κ2) is 7.32. The van der Waals surface area contributed by atoms with Crippen molar-refractivity contribution in [1.82, 2.24) is 20.2 Å². The molecular weight excluding hydrogens is 326 g/mol. The number of hydrogen-bond donors (Lipinski definition) is 1. The lowest BCUT2D eigenvalue weighted by molar-refractivity contribution is -0.145. The quantitative estimate of drug-likeness (QED) is 0.809. The summed E-state index contributed by atoms with van der Waals surface area (Å²) in [7, 11) is 0. The van der Waals surface area contributed by atoms with Crippen LogP contribution in [0.15, 0.2) is 18.7 Å². The number of carbonyl (C=O) groups excluding carboxylic acids is 2. The third-order valence-corrected chi connectivity index (χ3v) is 4.16. The zero-order valence-electron chi connectivity index (χ0n) is 14.5. The average Bonchev–Trinajstić information content (AvgIpc) is 2.80. The smallest absolute Gasteiger partial charge is 0.317 e. The summed E-state index contributed by atoms with van der Waals surface area (Å²) in [6, 6.07) is -0.116. The fourth-order valence-electron chi connectivity index (χ4n) is 2.98. The number of carbonyl (C=O) groups is 2. The summed E-state index contributed by atoms with van der Waals surface area (Å²) in [4.78, 5) is 35.9. The van der Waals surface area contributed by atoms with E-state index in [0.29, 0.717) is 32.0 Å². The first-order chi connectivity index (χ1) is 12.0. The maximum absolute atomic E-state index is 12.4. The number of aromatic nitrogens is 2. The molecule has 1 spiro atoms. The minimum absolute atomic E-state index is 0.0411. The first-order valence-corrected chi connectivity index (χ1v) is 8.32. The summed E-state index contributed by atoms with van der Waals surface area (Å²) in [6.07, 6.45) is 4.59. The number of urea groups is 1. The molecular formula is C16H23N5O4. The van der Waals surface area contributed by atoms with Crippen LogP contribution in [0.4, 0.5) is 10.5 Å². The van der Waals surface area contributed by atoms with Gasteiger partial charge in [0.15, 0.2) is 0 Å². The van der Waals surface area contributed by atoms with Gasteiger partial charge in [0.05, 0.1) is 44.4 Å². The molecule has 2 aliphatic heterocycles. The van der Waals surface area contributed by atoms with Gasteiger partial charge in [0.25, 0.3) is 5.91 Å². The van der Waals surface area contributed by atoms with Gasteiger partial charge in [-0.15, -0.1) is 0 Å². The molecule has 3 amide bonds. The lowest BCUT2D eigenvalue weighted by atomic mass is 10.0. The predicted molar refractivity (Wildman–Crippen MR) is 89.1 cm³/mol. The minimum Gasteiger partial charge on any atom is -0.376 e. The molecule has 0 saturated carbocycles. The maximum Gasteiger partial charge on any atom is 0.317 e. The van der Waals surface area contributed by atoms with Gasteiger partial charge in [-0.2, -0.15) is 0 Å². The highest BCUT2D eigenvalue weighted by Crippen LogP contribution is 2.26. The fourth-order valence-corrected chi connectivity index (χ4v) is 2.98. The molecule has 0 radical (unpaired) electrons. The van der Waals surface area contributed by atoms with Gasteiger partial charge in [-0.05, 0) is 13.8 Å². The molecule has 2 aliphatic rings. The molecule has 1 aromatic rings. The number of ether oxygens (including phenoxy) is 2. The number of nitrogens with zero attached hydrogens (tertiary/aromatic N) is 4. The van der Waals surface area contributed by atoms with Crippen molar-refractivity contribution in [2.45, 2.75) is 25.5 Å². The lowest BCUT2D eigenvalue weighted by Gasteiger charge is -2.42. The van der Waals surface area contributed by atoms with E-state index in [2.05, 4.69) is 15.3 Å². The van der Waals surface area contributed by atoms with Crippen LogP contribution in [0, 0.1) is 0 Å². The highest BCUT2D eigenvalue weighted by atomic mass is 16.6. The van der Waals surface area contributed by atoms with Crippen molar-refractivity contribution in [2.24, 2.45) is 0 Å². The van der Waals surface area contributed by atoms with Gasteiger partial charge in [-0.1, -0.05) is 0 Å². The molecule has 1 aromatic heterocycles. The fraction of sp³-hybridized carbons (Fsp3) is 0.625. The van der Waals surface area contributed by atoms with Crippen molar-refractivity contribution in [3.8, 4) is 0 Å². The van der Waals surface area contributed by atoms with E-state index in [1.807, 2.05) is 13.8 Å². The van der Waals surface area contributed by atoms with Gasteiger partial charge >= 0.3 is 6.03 Å². The standard InChI is InChI=1S/C16H23N5O4/c1-12(2)19-15(23)20-3-4-24-10-16(8-20)9-21(14(22)7-25-16)13-5-17-11-18-6-13/h5-6,11-12H,3-4,7-10H2,1-2H3,(H,19,23)/t16-/m1/s1. The van der Waals surface area contributed by atoms with Crippen molar-refractivity contribution < 1.29 is 19.1 Å². The number of nitrogens with one attached hydrogen (secondary N) is 1. The topological polar surface area (TPSA) is 96.9 Å². The summed E-state index contributed by atoms with van der Waals surface area (Å²) >= 11 is 0. The van der Waals surface area contributed by atoms with Crippen LogP contribution in [-0.2, 0) is 14.3 Å². The highest BCUT2D eigenvalue weighted by molar-refractivity contribution is 5.94. The van der Waals surface area contributed by atoms with E-state index in [1.54, 1.807) is 22.2 Å². The zero-order chi connectivity index (χ0) is 17.9. The molecule has 0 bridgehead atoms. The Labute approximate surface area is 146 Å². The van der Waals surface area contributed by atoms with Crippen LogP contribution in [0.2, 0.25) is 0 Å². The van der Waals surface area contributed by atoms with Crippen molar-refractivity contribution in [3.63, 3.8) is 0 Å². The molecule has 1 N–H and O–H groups in total. The minimum atomic E-state index is -0.769. The van der Waals surface area contributed by atoms with E-state index in [-0.39, 0.29) is 31.1 Å². The van der Waals surface area contributed by atoms with Gasteiger partial charge in [0, 0.05) is 12.6 Å². The molecule has 3 heterocycles. The van der Waals surface area contributed by atoms with Crippen LogP contribution >= 0.6 is 0 Å². The zero-order valence-corrected chi connectivity index (χ0v) is 14.5. The molecule has 3 rings (SSSR count). The van der Waals surface area contributed by atoms with Crippen LogP contribution in [0.5, 0.6) is 0 Å². The average molecular weight is 349 g/mol. The maximum atomic E-state index is 12.4. The van der Waals surface area contributed by atoms with Crippen molar-refractivity contribution >= 4 is 17.6 Å². The van der Waals surface area contributed by atoms with E-state index in [1.165, 1.54) is 6.33 Å². The summed E-state index contributed by atoms with van der Waals surface area (Å²) < 4.78 is 11.5. The molecule has 2 fully saturated rings. The first kappa shape index (κ1) is 17.6. The van der Waals surface area contributed by atoms with Gasteiger partial charge in [0.2, 0.25) is 0 Å². The molecule has 136 valence electrons. The molecule has 0 aromatic carbocycles. The third-order valence-electron chi connectivity index (χ3n) is 4.16. The summed E-state index contributed by atoms with van der Waals surface area (Å²) in [5.41, 5.74) is -0.160. The molecule has 1 atom stereocenters. The Morgan fingerprint density at radius 3 is 2.80 bits per heavy atom. The summed E-state index contributed by atoms with van der Waals surface area (Å²) in [5, 5.41) is 2.89. The third kappa shape index (κ3) is 4.05. The Morgan fingerprint density at radius 1 is 1.32 bits per heavy atom. The van der Waals surface area contributed by atoms with Crippen LogP contribution in [0.25, 0.3) is 0 Å². The number of morpholine rings is 1. The van der Waals surface area contributed by atoms with Crippen molar-refractivity contribution in [3.05, 3.63) is 18.7 Å². The normalized spacial score (nSPS) is 24.5. The largest absolute Gasteiger partial charge is 0.376 e. The van der Waals surface area contributed by atoms with Gasteiger partial charge < -0.3 is 24.6 Å². The molecule has 2 saturated heterocycles. The van der Waals surface area contributed by atoms with E-state index >= 15 is 0 Å². The highest BCUT2D eigenvalue weighted by Gasteiger charge is 2.44. The predicted octanol–water partition coefficient (Wildman–Crippen LogP) is 0.0288. The Hall–Kier alpha value is -2.26. The Morgan fingerprint density at radius 2 is 2.08 bits per heavy atom. The number of rotatable bonds is 2. The number of hydrogen-bond acceptors (Lipinski definition) is 6. The molecule has 0 aliphatic carbocycles. The van der Waals surface area contributed by atoms with Crippen LogP contribution in [-0.4, -0.2) is 77.9 Å². The Kier molecular flexibility index (Phi) is 5.14. The first-order valence-electron chi connectivity index (χ1n) is 8.32. The van der Waals surface area contributed by atoms with E-state index < -0.39 is 5.60 Å². The van der Waals surface area contributed by atoms with Crippen molar-refractivity contribution in [1.29, 1.82) is 0 Å². The van der Waals surface area contributed by atoms with Crippen LogP contribution in [0.3, 0.4) is 0 Å². The molecule has 9 nitrogen and oxygen atoms in total. The monoisotopic (exact) mass is 349 g/mol. The van der Waals surface area contributed by atoms with E-state index in [0.717, 1.165) is 0 Å².